The SMILES string of the molecule is CC1(CNC(=O)c2ccccc2-c2nc(C(C)(C)C)no2)CCNCC1.Cl. The Bertz CT molecular complexity index is 776. The van der Waals surface area contributed by atoms with Crippen LogP contribution in [0.4, 0.5) is 0 Å². The summed E-state index contributed by atoms with van der Waals surface area (Å²) in [6.07, 6.45) is 2.13. The van der Waals surface area contributed by atoms with Crippen LogP contribution in [0.5, 0.6) is 0 Å². The number of carbonyl (C=O) groups is 1. The van der Waals surface area contributed by atoms with Crippen LogP contribution in [-0.2, 0) is 5.41 Å². The minimum absolute atomic E-state index is 0. The minimum atomic E-state index is -0.206. The van der Waals surface area contributed by atoms with E-state index in [4.69, 9.17) is 4.52 Å². The third kappa shape index (κ3) is 5.08. The van der Waals surface area contributed by atoms with Gasteiger partial charge in [0, 0.05) is 12.0 Å². The van der Waals surface area contributed by atoms with Crippen LogP contribution in [0.2, 0.25) is 0 Å². The van der Waals surface area contributed by atoms with E-state index in [1.807, 2.05) is 39.0 Å². The van der Waals surface area contributed by atoms with Gasteiger partial charge < -0.3 is 15.2 Å². The number of rotatable bonds is 4. The van der Waals surface area contributed by atoms with Gasteiger partial charge in [0.1, 0.15) is 0 Å². The van der Waals surface area contributed by atoms with E-state index in [1.165, 1.54) is 0 Å². The first-order valence-electron chi connectivity index (χ1n) is 9.21. The van der Waals surface area contributed by atoms with Crippen molar-refractivity contribution >= 4 is 18.3 Å². The molecule has 2 N–H and O–H groups in total. The zero-order valence-electron chi connectivity index (χ0n) is 16.5. The number of aromatic nitrogens is 2. The molecule has 0 aliphatic carbocycles. The first kappa shape index (κ1) is 21.4. The number of hydrogen-bond donors (Lipinski definition) is 2. The van der Waals surface area contributed by atoms with Crippen LogP contribution in [0.15, 0.2) is 28.8 Å². The van der Waals surface area contributed by atoms with E-state index in [9.17, 15) is 4.79 Å². The number of carbonyl (C=O) groups excluding carboxylic acids is 1. The van der Waals surface area contributed by atoms with Gasteiger partial charge in [-0.3, -0.25) is 4.79 Å². The summed E-state index contributed by atoms with van der Waals surface area (Å²) in [7, 11) is 0. The molecule has 1 aliphatic rings. The number of nitrogens with one attached hydrogen (secondary N) is 2. The summed E-state index contributed by atoms with van der Waals surface area (Å²) in [5.41, 5.74) is 1.17. The van der Waals surface area contributed by atoms with E-state index in [0.717, 1.165) is 25.9 Å². The van der Waals surface area contributed by atoms with Crippen molar-refractivity contribution in [2.24, 2.45) is 5.41 Å². The van der Waals surface area contributed by atoms with Crippen molar-refractivity contribution in [3.05, 3.63) is 35.7 Å². The monoisotopic (exact) mass is 392 g/mol. The first-order valence-corrected chi connectivity index (χ1v) is 9.21. The summed E-state index contributed by atoms with van der Waals surface area (Å²) in [6, 6.07) is 7.38. The van der Waals surface area contributed by atoms with Crippen molar-refractivity contribution in [1.82, 2.24) is 20.8 Å². The highest BCUT2D eigenvalue weighted by atomic mass is 35.5. The summed E-state index contributed by atoms with van der Waals surface area (Å²) < 4.78 is 5.43. The molecular weight excluding hydrogens is 364 g/mol. The second kappa shape index (κ2) is 8.40. The standard InChI is InChI=1S/C20H28N4O2.ClH/c1-19(2,3)18-23-17(26-24-18)15-8-6-5-7-14(15)16(25)22-13-20(4)9-11-21-12-10-20;/h5-8,21H,9-13H2,1-4H3,(H,22,25);1H. The molecule has 6 nitrogen and oxygen atoms in total. The second-order valence-corrected chi connectivity index (χ2v) is 8.46. The lowest BCUT2D eigenvalue weighted by Crippen LogP contribution is -2.43. The molecule has 0 bridgehead atoms. The third-order valence-corrected chi connectivity index (χ3v) is 4.99. The lowest BCUT2D eigenvalue weighted by Gasteiger charge is -2.34. The number of hydrogen-bond acceptors (Lipinski definition) is 5. The summed E-state index contributed by atoms with van der Waals surface area (Å²) in [4.78, 5) is 17.3. The zero-order chi connectivity index (χ0) is 18.8. The van der Waals surface area contributed by atoms with Gasteiger partial charge in [0.05, 0.1) is 11.1 Å². The molecule has 2 aromatic rings. The Kier molecular flexibility index (Phi) is 6.65. The molecule has 1 fully saturated rings. The van der Waals surface area contributed by atoms with Gasteiger partial charge in [-0.1, -0.05) is 45.0 Å². The highest BCUT2D eigenvalue weighted by Crippen LogP contribution is 2.28. The van der Waals surface area contributed by atoms with Crippen molar-refractivity contribution in [3.63, 3.8) is 0 Å². The number of amides is 1. The quantitative estimate of drug-likeness (QED) is 0.831. The molecule has 2 heterocycles. The number of piperidine rings is 1. The second-order valence-electron chi connectivity index (χ2n) is 8.46. The van der Waals surface area contributed by atoms with Gasteiger partial charge in [0.15, 0.2) is 5.82 Å². The number of benzene rings is 1. The molecular formula is C20H29ClN4O2. The lowest BCUT2D eigenvalue weighted by atomic mass is 9.81. The summed E-state index contributed by atoms with van der Waals surface area (Å²) in [5, 5.41) is 10.5. The molecule has 1 aromatic carbocycles. The van der Waals surface area contributed by atoms with E-state index in [2.05, 4.69) is 27.7 Å². The molecule has 0 spiro atoms. The fourth-order valence-corrected chi connectivity index (χ4v) is 3.10. The number of nitrogens with zero attached hydrogens (tertiary/aromatic N) is 2. The van der Waals surface area contributed by atoms with Crippen molar-refractivity contribution in [3.8, 4) is 11.5 Å². The molecule has 7 heteroatoms. The van der Waals surface area contributed by atoms with Crippen LogP contribution in [0, 0.1) is 5.41 Å². The summed E-state index contributed by atoms with van der Waals surface area (Å²) in [6.45, 7) is 11.0. The van der Waals surface area contributed by atoms with Gasteiger partial charge in [-0.15, -0.1) is 12.4 Å². The molecule has 0 atom stereocenters. The number of halogens is 1. The molecule has 27 heavy (non-hydrogen) atoms. The largest absolute Gasteiger partial charge is 0.351 e. The predicted octanol–water partition coefficient (Wildman–Crippen LogP) is 3.58. The molecule has 1 amide bonds. The van der Waals surface area contributed by atoms with Crippen molar-refractivity contribution in [1.29, 1.82) is 0 Å². The summed E-state index contributed by atoms with van der Waals surface area (Å²) in [5.74, 6) is 0.912. The molecule has 0 saturated carbocycles. The average Bonchev–Trinajstić information content (AvgIpc) is 3.11. The fourth-order valence-electron chi connectivity index (χ4n) is 3.10. The maximum absolute atomic E-state index is 12.8. The Hall–Kier alpha value is -1.92. The van der Waals surface area contributed by atoms with Gasteiger partial charge in [0.25, 0.3) is 11.8 Å². The lowest BCUT2D eigenvalue weighted by molar-refractivity contribution is 0.0922. The Balaban J connectivity index is 0.00000261. The Morgan fingerprint density at radius 3 is 2.56 bits per heavy atom. The van der Waals surface area contributed by atoms with Crippen molar-refractivity contribution in [2.75, 3.05) is 19.6 Å². The van der Waals surface area contributed by atoms with E-state index in [1.54, 1.807) is 6.07 Å². The minimum Gasteiger partial charge on any atom is -0.351 e. The topological polar surface area (TPSA) is 80.1 Å². The Morgan fingerprint density at radius 1 is 1.26 bits per heavy atom. The van der Waals surface area contributed by atoms with Gasteiger partial charge >= 0.3 is 0 Å². The van der Waals surface area contributed by atoms with E-state index in [0.29, 0.717) is 29.4 Å². The molecule has 1 saturated heterocycles. The average molecular weight is 393 g/mol. The van der Waals surface area contributed by atoms with Gasteiger partial charge in [0.2, 0.25) is 0 Å². The highest BCUT2D eigenvalue weighted by Gasteiger charge is 2.28. The van der Waals surface area contributed by atoms with Crippen LogP contribution < -0.4 is 10.6 Å². The Labute approximate surface area is 166 Å². The molecule has 1 aromatic heterocycles. The molecule has 3 rings (SSSR count). The molecule has 1 aliphatic heterocycles. The van der Waals surface area contributed by atoms with E-state index in [-0.39, 0.29) is 29.1 Å². The first-order chi connectivity index (χ1) is 12.3. The van der Waals surface area contributed by atoms with Crippen LogP contribution in [0.25, 0.3) is 11.5 Å². The van der Waals surface area contributed by atoms with Gasteiger partial charge in [-0.25, -0.2) is 0 Å². The molecule has 0 unspecified atom stereocenters. The summed E-state index contributed by atoms with van der Waals surface area (Å²) >= 11 is 0. The molecule has 148 valence electrons. The highest BCUT2D eigenvalue weighted by molar-refractivity contribution is 5.99. The van der Waals surface area contributed by atoms with Gasteiger partial charge in [-0.05, 0) is 43.5 Å². The predicted molar refractivity (Wildman–Crippen MR) is 108 cm³/mol. The normalized spacial score (nSPS) is 16.4. The maximum atomic E-state index is 12.8. The van der Waals surface area contributed by atoms with Crippen LogP contribution >= 0.6 is 12.4 Å². The van der Waals surface area contributed by atoms with Crippen molar-refractivity contribution in [2.45, 2.75) is 46.0 Å². The van der Waals surface area contributed by atoms with Gasteiger partial charge in [-0.2, -0.15) is 4.98 Å². The van der Waals surface area contributed by atoms with Crippen molar-refractivity contribution < 1.29 is 9.32 Å². The zero-order valence-corrected chi connectivity index (χ0v) is 17.3. The van der Waals surface area contributed by atoms with Crippen LogP contribution in [-0.4, -0.2) is 35.7 Å². The van der Waals surface area contributed by atoms with Crippen LogP contribution in [0.3, 0.4) is 0 Å². The van der Waals surface area contributed by atoms with Crippen LogP contribution in [0.1, 0.15) is 56.7 Å². The Morgan fingerprint density at radius 2 is 1.93 bits per heavy atom. The smallest absolute Gasteiger partial charge is 0.258 e. The van der Waals surface area contributed by atoms with E-state index < -0.39 is 0 Å². The maximum Gasteiger partial charge on any atom is 0.258 e. The molecule has 0 radical (unpaired) electrons. The fraction of sp³-hybridized carbons (Fsp3) is 0.550. The van der Waals surface area contributed by atoms with E-state index >= 15 is 0 Å². The third-order valence-electron chi connectivity index (χ3n) is 4.99.